The minimum atomic E-state index is -0.519. The van der Waals surface area contributed by atoms with Crippen LogP contribution < -0.4 is 0 Å². The predicted molar refractivity (Wildman–Crippen MR) is 44.9 cm³/mol. The summed E-state index contributed by atoms with van der Waals surface area (Å²) in [6.45, 7) is 2.07. The van der Waals surface area contributed by atoms with Crippen LogP contribution in [0.5, 0.6) is 0 Å². The molecule has 6 heteroatoms. The third-order valence-corrected chi connectivity index (χ3v) is 2.14. The molecule has 0 spiro atoms. The van der Waals surface area contributed by atoms with Crippen molar-refractivity contribution >= 4 is 11.9 Å². The van der Waals surface area contributed by atoms with Crippen molar-refractivity contribution in [3.8, 4) is 0 Å². The van der Waals surface area contributed by atoms with Crippen LogP contribution >= 0.6 is 0 Å². The van der Waals surface area contributed by atoms with Gasteiger partial charge >= 0.3 is 6.03 Å². The van der Waals surface area contributed by atoms with Crippen LogP contribution in [0, 0.1) is 0 Å². The van der Waals surface area contributed by atoms with E-state index < -0.39 is 6.03 Å². The molecule has 0 bridgehead atoms. The molecule has 2 rings (SSSR count). The van der Waals surface area contributed by atoms with Crippen molar-refractivity contribution in [1.29, 1.82) is 0 Å². The molecule has 1 fully saturated rings. The van der Waals surface area contributed by atoms with E-state index in [4.69, 9.17) is 4.74 Å². The molecule has 2 aliphatic heterocycles. The first-order valence-electron chi connectivity index (χ1n) is 4.09. The highest BCUT2D eigenvalue weighted by Crippen LogP contribution is 2.11. The normalized spacial score (nSPS) is 29.5. The van der Waals surface area contributed by atoms with Gasteiger partial charge in [0.15, 0.2) is 5.84 Å². The largest absolute Gasteiger partial charge is 0.387 e. The van der Waals surface area contributed by atoms with Gasteiger partial charge in [-0.25, -0.2) is 4.79 Å². The van der Waals surface area contributed by atoms with Gasteiger partial charge < -0.3 is 4.74 Å². The number of carbonyl (C=O) groups is 1. The van der Waals surface area contributed by atoms with Crippen LogP contribution in [0.15, 0.2) is 15.2 Å². The lowest BCUT2D eigenvalue weighted by Gasteiger charge is -2.30. The molecule has 0 saturated carbocycles. The van der Waals surface area contributed by atoms with E-state index in [9.17, 15) is 4.79 Å². The molecule has 0 aliphatic carbocycles. The maximum Gasteiger partial charge on any atom is 0.387 e. The third-order valence-electron chi connectivity index (χ3n) is 2.14. The molecule has 13 heavy (non-hydrogen) atoms. The van der Waals surface area contributed by atoms with Gasteiger partial charge in [0.2, 0.25) is 0 Å². The smallest absolute Gasteiger partial charge is 0.378 e. The van der Waals surface area contributed by atoms with Crippen LogP contribution in [0.1, 0.15) is 0 Å². The highest BCUT2D eigenvalue weighted by atomic mass is 16.5. The van der Waals surface area contributed by atoms with Gasteiger partial charge in [0, 0.05) is 6.54 Å². The fraction of sp³-hybridized carbons (Fsp3) is 0.714. The summed E-state index contributed by atoms with van der Waals surface area (Å²) in [6.07, 6.45) is 0. The van der Waals surface area contributed by atoms with E-state index in [0.717, 1.165) is 6.54 Å². The van der Waals surface area contributed by atoms with Crippen molar-refractivity contribution in [2.45, 2.75) is 6.04 Å². The molecule has 2 aliphatic rings. The Morgan fingerprint density at radius 2 is 2.38 bits per heavy atom. The van der Waals surface area contributed by atoms with E-state index >= 15 is 0 Å². The average molecular weight is 182 g/mol. The maximum absolute atomic E-state index is 10.7. The maximum atomic E-state index is 10.7. The summed E-state index contributed by atoms with van der Waals surface area (Å²) < 4.78 is 5.26. The van der Waals surface area contributed by atoms with Gasteiger partial charge in [0.25, 0.3) is 0 Å². The van der Waals surface area contributed by atoms with Crippen molar-refractivity contribution in [3.63, 3.8) is 0 Å². The van der Waals surface area contributed by atoms with Gasteiger partial charge in [-0.2, -0.15) is 4.99 Å². The Hall–Kier alpha value is -1.14. The summed E-state index contributed by atoms with van der Waals surface area (Å²) >= 11 is 0. The number of hydrogen-bond donors (Lipinski definition) is 0. The predicted octanol–water partition coefficient (Wildman–Crippen LogP) is 0.301. The fourth-order valence-corrected chi connectivity index (χ4v) is 1.34. The summed E-state index contributed by atoms with van der Waals surface area (Å²) in [5.74, 6) is 0.465. The van der Waals surface area contributed by atoms with E-state index in [-0.39, 0.29) is 6.04 Å². The molecular formula is C7H10N4O2. The molecule has 70 valence electrons. The zero-order chi connectivity index (χ0) is 9.26. The van der Waals surface area contributed by atoms with Gasteiger partial charge in [-0.15, -0.1) is 5.11 Å². The van der Waals surface area contributed by atoms with Crippen LogP contribution in [0.2, 0.25) is 0 Å². The van der Waals surface area contributed by atoms with Gasteiger partial charge in [-0.1, -0.05) is 5.11 Å². The lowest BCUT2D eigenvalue weighted by molar-refractivity contribution is 0.0298. The number of amides is 2. The molecule has 6 nitrogen and oxygen atoms in total. The van der Waals surface area contributed by atoms with E-state index in [2.05, 4.69) is 20.1 Å². The Kier molecular flexibility index (Phi) is 2.15. The third kappa shape index (κ3) is 1.63. The first-order chi connectivity index (χ1) is 6.27. The topological polar surface area (TPSA) is 66.6 Å². The highest BCUT2D eigenvalue weighted by Gasteiger charge is 2.27. The van der Waals surface area contributed by atoms with Crippen molar-refractivity contribution in [2.24, 2.45) is 15.2 Å². The Morgan fingerprint density at radius 3 is 3.00 bits per heavy atom. The molecule has 2 amide bonds. The van der Waals surface area contributed by atoms with Crippen molar-refractivity contribution in [2.75, 3.05) is 26.8 Å². The standard InChI is InChI=1S/C7H10N4O2/c1-11-2-3-13-4-5(11)6-8-7(12)10-9-6/h5H,2-4H2,1H3. The van der Waals surface area contributed by atoms with Gasteiger partial charge in [-0.05, 0) is 7.05 Å². The van der Waals surface area contributed by atoms with Crippen LogP contribution in [-0.4, -0.2) is 49.6 Å². The van der Waals surface area contributed by atoms with Gasteiger partial charge in [0.05, 0.1) is 19.3 Å². The van der Waals surface area contributed by atoms with E-state index in [1.807, 2.05) is 7.05 Å². The second-order valence-electron chi connectivity index (χ2n) is 3.02. The van der Waals surface area contributed by atoms with Crippen molar-refractivity contribution in [1.82, 2.24) is 4.90 Å². The molecule has 0 aromatic rings. The number of amidine groups is 1. The minimum absolute atomic E-state index is 0.0241. The number of urea groups is 1. The Labute approximate surface area is 75.3 Å². The lowest BCUT2D eigenvalue weighted by atomic mass is 10.2. The second kappa shape index (κ2) is 3.31. The van der Waals surface area contributed by atoms with E-state index in [1.165, 1.54) is 0 Å². The van der Waals surface area contributed by atoms with E-state index in [0.29, 0.717) is 19.0 Å². The molecule has 0 aromatic carbocycles. The summed E-state index contributed by atoms with van der Waals surface area (Å²) in [5.41, 5.74) is 0. The fourth-order valence-electron chi connectivity index (χ4n) is 1.34. The molecular weight excluding hydrogens is 172 g/mol. The monoisotopic (exact) mass is 182 g/mol. The molecule has 0 N–H and O–H groups in total. The average Bonchev–Trinajstić information content (AvgIpc) is 2.53. The number of azo groups is 1. The SMILES string of the molecule is CN1CCOCC1C1=NC(=O)N=N1. The highest BCUT2D eigenvalue weighted by molar-refractivity contribution is 6.01. The van der Waals surface area contributed by atoms with Crippen LogP contribution in [0.25, 0.3) is 0 Å². The Morgan fingerprint density at radius 1 is 1.54 bits per heavy atom. The summed E-state index contributed by atoms with van der Waals surface area (Å²) in [6, 6.07) is -0.544. The number of rotatable bonds is 1. The van der Waals surface area contributed by atoms with E-state index in [1.54, 1.807) is 0 Å². The first-order valence-corrected chi connectivity index (χ1v) is 4.09. The van der Waals surface area contributed by atoms with Crippen LogP contribution in [-0.2, 0) is 4.74 Å². The van der Waals surface area contributed by atoms with Gasteiger partial charge in [0.1, 0.15) is 0 Å². The Bertz CT molecular complexity index is 286. The summed E-state index contributed by atoms with van der Waals surface area (Å²) in [4.78, 5) is 16.4. The zero-order valence-corrected chi connectivity index (χ0v) is 7.30. The zero-order valence-electron chi connectivity index (χ0n) is 7.30. The van der Waals surface area contributed by atoms with Crippen LogP contribution in [0.3, 0.4) is 0 Å². The minimum Gasteiger partial charge on any atom is -0.378 e. The number of morpholine rings is 1. The molecule has 2 heterocycles. The molecule has 1 unspecified atom stereocenters. The first kappa shape index (κ1) is 8.46. The summed E-state index contributed by atoms with van der Waals surface area (Å²) in [5, 5.41) is 7.02. The number of carbonyl (C=O) groups excluding carboxylic acids is 1. The van der Waals surface area contributed by atoms with Crippen LogP contribution in [0.4, 0.5) is 4.79 Å². The molecule has 0 aromatic heterocycles. The molecule has 1 atom stereocenters. The number of nitrogens with zero attached hydrogens (tertiary/aromatic N) is 4. The second-order valence-corrected chi connectivity index (χ2v) is 3.02. The van der Waals surface area contributed by atoms with Gasteiger partial charge in [-0.3, -0.25) is 4.90 Å². The number of aliphatic imine (C=N–C) groups is 1. The van der Waals surface area contributed by atoms with Crippen molar-refractivity contribution < 1.29 is 9.53 Å². The van der Waals surface area contributed by atoms with Crippen molar-refractivity contribution in [3.05, 3.63) is 0 Å². The molecule has 0 radical (unpaired) electrons. The number of ether oxygens (including phenoxy) is 1. The number of likely N-dealkylation sites (N-methyl/N-ethyl adjacent to an activating group) is 1. The Balaban J connectivity index is 2.11. The lowest BCUT2D eigenvalue weighted by Crippen LogP contribution is -2.46. The number of hydrogen-bond acceptors (Lipinski definition) is 4. The quantitative estimate of drug-likeness (QED) is 0.585. The summed E-state index contributed by atoms with van der Waals surface area (Å²) in [7, 11) is 1.95. The molecule has 1 saturated heterocycles.